The van der Waals surface area contributed by atoms with Crippen LogP contribution in [0.1, 0.15) is 23.9 Å². The first-order valence-corrected chi connectivity index (χ1v) is 4.59. The molecule has 2 rings (SSSR count). The molecule has 2 atom stereocenters. The van der Waals surface area contributed by atoms with E-state index in [1.54, 1.807) is 0 Å². The lowest BCUT2D eigenvalue weighted by Crippen LogP contribution is -2.21. The minimum Gasteiger partial charge on any atom is -0.466 e. The summed E-state index contributed by atoms with van der Waals surface area (Å²) < 4.78 is 5.50. The van der Waals surface area contributed by atoms with Crippen LogP contribution in [-0.4, -0.2) is 18.3 Å². The molecule has 0 spiro atoms. The van der Waals surface area contributed by atoms with Gasteiger partial charge in [0.1, 0.15) is 11.5 Å². The van der Waals surface area contributed by atoms with Gasteiger partial charge >= 0.3 is 0 Å². The molecule has 13 heavy (non-hydrogen) atoms. The van der Waals surface area contributed by atoms with Crippen molar-refractivity contribution in [2.45, 2.75) is 19.3 Å². The smallest absolute Gasteiger partial charge is 0.107 e. The van der Waals surface area contributed by atoms with E-state index in [-0.39, 0.29) is 12.0 Å². The van der Waals surface area contributed by atoms with Gasteiger partial charge in [-0.2, -0.15) is 0 Å². The predicted octanol–water partition coefficient (Wildman–Crippen LogP) is 1.01. The lowest BCUT2D eigenvalue weighted by atomic mass is 10.0. The van der Waals surface area contributed by atoms with Gasteiger partial charge in [0, 0.05) is 17.9 Å². The predicted molar refractivity (Wildman–Crippen MR) is 49.4 cm³/mol. The van der Waals surface area contributed by atoms with E-state index in [0.29, 0.717) is 12.5 Å². The van der Waals surface area contributed by atoms with Crippen LogP contribution in [-0.2, 0) is 0 Å². The average molecular weight is 181 g/mol. The van der Waals surface area contributed by atoms with Crippen molar-refractivity contribution in [2.24, 2.45) is 11.1 Å². The van der Waals surface area contributed by atoms with Gasteiger partial charge in [-0.25, -0.2) is 0 Å². The first kappa shape index (κ1) is 8.78. The highest BCUT2D eigenvalue weighted by molar-refractivity contribution is 5.23. The summed E-state index contributed by atoms with van der Waals surface area (Å²) in [6.07, 6.45) is 0.951. The lowest BCUT2D eigenvalue weighted by Gasteiger charge is -2.08. The van der Waals surface area contributed by atoms with Crippen LogP contribution in [0.25, 0.3) is 0 Å². The van der Waals surface area contributed by atoms with Crippen molar-refractivity contribution in [1.82, 2.24) is 0 Å². The first-order valence-electron chi connectivity index (χ1n) is 4.59. The molecule has 3 nitrogen and oxygen atoms in total. The molecule has 1 aromatic rings. The van der Waals surface area contributed by atoms with Crippen LogP contribution in [0.4, 0.5) is 0 Å². The zero-order valence-corrected chi connectivity index (χ0v) is 7.79. The summed E-state index contributed by atoms with van der Waals surface area (Å²) in [7, 11) is 0. The van der Waals surface area contributed by atoms with Crippen molar-refractivity contribution < 1.29 is 9.52 Å². The highest BCUT2D eigenvalue weighted by Crippen LogP contribution is 2.58. The van der Waals surface area contributed by atoms with Gasteiger partial charge in [0.15, 0.2) is 0 Å². The second-order valence-corrected chi connectivity index (χ2v) is 3.93. The van der Waals surface area contributed by atoms with Gasteiger partial charge in [0.25, 0.3) is 0 Å². The molecule has 72 valence electrons. The van der Waals surface area contributed by atoms with Crippen LogP contribution in [0.2, 0.25) is 0 Å². The van der Waals surface area contributed by atoms with Gasteiger partial charge in [-0.3, -0.25) is 0 Å². The van der Waals surface area contributed by atoms with Crippen LogP contribution in [0.15, 0.2) is 16.5 Å². The molecule has 1 heterocycles. The Bertz CT molecular complexity index is 302. The normalized spacial score (nSPS) is 32.1. The van der Waals surface area contributed by atoms with Crippen molar-refractivity contribution in [3.8, 4) is 0 Å². The molecule has 0 bridgehead atoms. The second-order valence-electron chi connectivity index (χ2n) is 3.93. The monoisotopic (exact) mass is 181 g/mol. The Morgan fingerprint density at radius 3 is 2.85 bits per heavy atom. The van der Waals surface area contributed by atoms with E-state index in [4.69, 9.17) is 10.2 Å². The van der Waals surface area contributed by atoms with E-state index >= 15 is 0 Å². The molecule has 1 aliphatic rings. The molecule has 1 aromatic heterocycles. The molecule has 0 amide bonds. The SMILES string of the molecule is Cc1ccc(C2CC2(CN)CO)o1. The highest BCUT2D eigenvalue weighted by Gasteiger charge is 2.55. The summed E-state index contributed by atoms with van der Waals surface area (Å²) >= 11 is 0. The fraction of sp³-hybridized carbons (Fsp3) is 0.600. The minimum atomic E-state index is -0.0930. The quantitative estimate of drug-likeness (QED) is 0.731. The highest BCUT2D eigenvalue weighted by atomic mass is 16.3. The molecule has 0 aromatic carbocycles. The topological polar surface area (TPSA) is 59.4 Å². The summed E-state index contributed by atoms with van der Waals surface area (Å²) in [5.74, 6) is 2.22. The van der Waals surface area contributed by atoms with Crippen molar-refractivity contribution in [2.75, 3.05) is 13.2 Å². The van der Waals surface area contributed by atoms with Crippen molar-refractivity contribution in [3.63, 3.8) is 0 Å². The Labute approximate surface area is 77.5 Å². The maximum atomic E-state index is 9.17. The number of nitrogens with two attached hydrogens (primary N) is 1. The zero-order valence-electron chi connectivity index (χ0n) is 7.79. The van der Waals surface area contributed by atoms with Gasteiger partial charge in [-0.05, 0) is 25.5 Å². The molecule has 0 saturated heterocycles. The van der Waals surface area contributed by atoms with Crippen molar-refractivity contribution in [3.05, 3.63) is 23.7 Å². The Hall–Kier alpha value is -0.800. The zero-order chi connectivity index (χ0) is 9.47. The van der Waals surface area contributed by atoms with Crippen LogP contribution in [0.3, 0.4) is 0 Å². The van der Waals surface area contributed by atoms with Crippen molar-refractivity contribution in [1.29, 1.82) is 0 Å². The largest absolute Gasteiger partial charge is 0.466 e. The molecule has 0 radical (unpaired) electrons. The molecule has 3 N–H and O–H groups in total. The molecular weight excluding hydrogens is 166 g/mol. The lowest BCUT2D eigenvalue weighted by molar-refractivity contribution is 0.208. The summed E-state index contributed by atoms with van der Waals surface area (Å²) in [6, 6.07) is 3.93. The third kappa shape index (κ3) is 1.28. The summed E-state index contributed by atoms with van der Waals surface area (Å²) in [6.45, 7) is 2.62. The van der Waals surface area contributed by atoms with Gasteiger partial charge in [-0.15, -0.1) is 0 Å². The van der Waals surface area contributed by atoms with E-state index in [9.17, 15) is 5.11 Å². The standard InChI is InChI=1S/C10H15NO2/c1-7-2-3-9(13-7)8-4-10(8,5-11)6-12/h2-3,8,12H,4-6,11H2,1H3. The molecular formula is C10H15NO2. The van der Waals surface area contributed by atoms with E-state index in [1.807, 2.05) is 19.1 Å². The molecule has 1 saturated carbocycles. The maximum absolute atomic E-state index is 9.17. The van der Waals surface area contributed by atoms with Crippen LogP contribution < -0.4 is 5.73 Å². The number of furan rings is 1. The Kier molecular flexibility index (Phi) is 1.93. The molecule has 1 fully saturated rings. The Balaban J connectivity index is 2.14. The number of hydrogen-bond acceptors (Lipinski definition) is 3. The average Bonchev–Trinajstić information content (AvgIpc) is 2.74. The van der Waals surface area contributed by atoms with Gasteiger partial charge in [0.05, 0.1) is 6.61 Å². The van der Waals surface area contributed by atoms with E-state index in [1.165, 1.54) is 0 Å². The third-order valence-corrected chi connectivity index (χ3v) is 3.02. The molecule has 3 heteroatoms. The number of hydrogen-bond donors (Lipinski definition) is 2. The van der Waals surface area contributed by atoms with Crippen molar-refractivity contribution >= 4 is 0 Å². The number of aliphatic hydroxyl groups is 1. The van der Waals surface area contributed by atoms with Gasteiger partial charge < -0.3 is 15.3 Å². The first-order chi connectivity index (χ1) is 6.22. The maximum Gasteiger partial charge on any atom is 0.107 e. The molecule has 0 aliphatic heterocycles. The number of aliphatic hydroxyl groups excluding tert-OH is 1. The fourth-order valence-electron chi connectivity index (χ4n) is 1.86. The number of aryl methyl sites for hydroxylation is 1. The van der Waals surface area contributed by atoms with Crippen LogP contribution in [0.5, 0.6) is 0 Å². The van der Waals surface area contributed by atoms with Gasteiger partial charge in [-0.1, -0.05) is 0 Å². The fourth-order valence-corrected chi connectivity index (χ4v) is 1.86. The van der Waals surface area contributed by atoms with E-state index < -0.39 is 0 Å². The summed E-state index contributed by atoms with van der Waals surface area (Å²) in [5.41, 5.74) is 5.52. The third-order valence-electron chi connectivity index (χ3n) is 3.02. The minimum absolute atomic E-state index is 0.0930. The summed E-state index contributed by atoms with van der Waals surface area (Å²) in [4.78, 5) is 0. The molecule has 2 unspecified atom stereocenters. The Morgan fingerprint density at radius 2 is 2.46 bits per heavy atom. The van der Waals surface area contributed by atoms with E-state index in [0.717, 1.165) is 17.9 Å². The van der Waals surface area contributed by atoms with Gasteiger partial charge in [0.2, 0.25) is 0 Å². The number of rotatable bonds is 3. The second kappa shape index (κ2) is 2.86. The van der Waals surface area contributed by atoms with Crippen LogP contribution >= 0.6 is 0 Å². The van der Waals surface area contributed by atoms with Crippen LogP contribution in [0, 0.1) is 12.3 Å². The molecule has 1 aliphatic carbocycles. The summed E-state index contributed by atoms with van der Waals surface area (Å²) in [5, 5.41) is 9.17. The van der Waals surface area contributed by atoms with E-state index in [2.05, 4.69) is 0 Å². The Morgan fingerprint density at radius 1 is 1.69 bits per heavy atom.